The number of benzene rings is 4. The van der Waals surface area contributed by atoms with Crippen molar-refractivity contribution in [1.29, 1.82) is 0 Å². The maximum absolute atomic E-state index is 5.81. The molecule has 114 valence electrons. The normalized spacial score (nSPS) is 10.3. The Morgan fingerprint density at radius 1 is 0.609 bits per heavy atom. The largest absolute Gasteiger partial charge is 0.122 e. The van der Waals surface area contributed by atoms with Crippen LogP contribution in [0.2, 0.25) is 0 Å². The van der Waals surface area contributed by atoms with Crippen LogP contribution < -0.4 is 0 Å². The van der Waals surface area contributed by atoms with Gasteiger partial charge in [-0.1, -0.05) is 94.8 Å². The van der Waals surface area contributed by atoms with Gasteiger partial charge in [-0.05, 0) is 33.2 Å². The molecule has 0 N–H and O–H groups in total. The Bertz CT molecular complexity index is 920. The molecule has 0 saturated carbocycles. The van der Waals surface area contributed by atoms with Crippen molar-refractivity contribution in [3.63, 3.8) is 0 Å². The highest BCUT2D eigenvalue weighted by atomic mass is 79.9. The maximum atomic E-state index is 5.81. The van der Waals surface area contributed by atoms with E-state index in [1.54, 1.807) is 0 Å². The van der Waals surface area contributed by atoms with Crippen molar-refractivity contribution >= 4 is 49.1 Å². The molecule has 4 rings (SSSR count). The predicted molar refractivity (Wildman–Crippen MR) is 105 cm³/mol. The summed E-state index contributed by atoms with van der Waals surface area (Å²) in [6.45, 7) is 0. The van der Waals surface area contributed by atoms with E-state index in [0.717, 1.165) is 4.47 Å². The van der Waals surface area contributed by atoms with Crippen LogP contribution in [-0.4, -0.2) is 0 Å². The smallest absolute Gasteiger partial charge is 0.0480 e. The van der Waals surface area contributed by atoms with Gasteiger partial charge >= 0.3 is 0 Å². The molecule has 0 spiro atoms. The lowest BCUT2D eigenvalue weighted by Gasteiger charge is -2.01. The zero-order chi connectivity index (χ0) is 16.1. The quantitative estimate of drug-likeness (QED) is 0.305. The second-order valence-electron chi connectivity index (χ2n) is 5.23. The van der Waals surface area contributed by atoms with E-state index in [9.17, 15) is 0 Å². The van der Waals surface area contributed by atoms with Gasteiger partial charge in [0.2, 0.25) is 0 Å². The lowest BCUT2D eigenvalue weighted by atomic mass is 10.1. The summed E-state index contributed by atoms with van der Waals surface area (Å²) in [7, 11) is 0. The van der Waals surface area contributed by atoms with Crippen molar-refractivity contribution in [2.45, 2.75) is 5.88 Å². The molecular weight excluding hydrogens is 368 g/mol. The maximum Gasteiger partial charge on any atom is 0.0480 e. The number of fused-ring (bicyclic) bond motifs is 2. The molecule has 0 unspecified atom stereocenters. The SMILES string of the molecule is Brc1cccc2ccccc12.ClCc1cccc2ccccc12. The Labute approximate surface area is 149 Å². The van der Waals surface area contributed by atoms with Crippen molar-refractivity contribution < 1.29 is 0 Å². The highest BCUT2D eigenvalue weighted by molar-refractivity contribution is 9.10. The van der Waals surface area contributed by atoms with Gasteiger partial charge in [-0.15, -0.1) is 11.6 Å². The van der Waals surface area contributed by atoms with Gasteiger partial charge in [0.25, 0.3) is 0 Å². The van der Waals surface area contributed by atoms with Crippen LogP contribution in [0.5, 0.6) is 0 Å². The molecule has 0 bridgehead atoms. The zero-order valence-electron chi connectivity index (χ0n) is 12.5. The standard InChI is InChI=1S/C11H9Cl.C10H7Br/c12-8-10-6-3-5-9-4-1-2-7-11(9)10;11-10-7-3-5-8-4-1-2-6-9(8)10/h1-7H,8H2;1-7H. The fourth-order valence-electron chi connectivity index (χ4n) is 2.59. The Morgan fingerprint density at radius 2 is 1.13 bits per heavy atom. The van der Waals surface area contributed by atoms with Gasteiger partial charge in [-0.3, -0.25) is 0 Å². The molecule has 0 saturated heterocycles. The van der Waals surface area contributed by atoms with Crippen LogP contribution in [-0.2, 0) is 5.88 Å². The Balaban J connectivity index is 0.000000136. The number of halogens is 2. The fraction of sp³-hybridized carbons (Fsp3) is 0.0476. The zero-order valence-corrected chi connectivity index (χ0v) is 14.9. The molecule has 0 atom stereocenters. The van der Waals surface area contributed by atoms with E-state index in [1.165, 1.54) is 27.1 Å². The molecule has 2 heteroatoms. The lowest BCUT2D eigenvalue weighted by Crippen LogP contribution is -1.79. The molecule has 4 aromatic rings. The summed E-state index contributed by atoms with van der Waals surface area (Å²) < 4.78 is 1.16. The van der Waals surface area contributed by atoms with Crippen LogP contribution >= 0.6 is 27.5 Å². The van der Waals surface area contributed by atoms with E-state index in [0.29, 0.717) is 5.88 Å². The fourth-order valence-corrected chi connectivity index (χ4v) is 3.34. The average Bonchev–Trinajstić information content (AvgIpc) is 2.62. The molecule has 0 radical (unpaired) electrons. The minimum Gasteiger partial charge on any atom is -0.122 e. The molecule has 0 nitrogen and oxygen atoms in total. The van der Waals surface area contributed by atoms with Crippen LogP contribution in [0.4, 0.5) is 0 Å². The molecule has 0 aliphatic rings. The van der Waals surface area contributed by atoms with E-state index < -0.39 is 0 Å². The first-order valence-electron chi connectivity index (χ1n) is 7.45. The summed E-state index contributed by atoms with van der Waals surface area (Å²) in [5, 5.41) is 5.07. The summed E-state index contributed by atoms with van der Waals surface area (Å²) >= 11 is 9.30. The van der Waals surface area contributed by atoms with E-state index >= 15 is 0 Å². The Kier molecular flexibility index (Phi) is 5.32. The first kappa shape index (κ1) is 16.0. The summed E-state index contributed by atoms with van der Waals surface area (Å²) in [6.07, 6.45) is 0. The van der Waals surface area contributed by atoms with Crippen LogP contribution in [0, 0.1) is 0 Å². The minimum absolute atomic E-state index is 0.585. The number of hydrogen-bond donors (Lipinski definition) is 0. The predicted octanol–water partition coefficient (Wildman–Crippen LogP) is 7.18. The Hall–Kier alpha value is -1.83. The van der Waals surface area contributed by atoms with E-state index in [1.807, 2.05) is 30.3 Å². The molecular formula is C21H16BrCl. The van der Waals surface area contributed by atoms with Crippen LogP contribution in [0.25, 0.3) is 21.5 Å². The molecule has 23 heavy (non-hydrogen) atoms. The molecule has 0 aliphatic heterocycles. The van der Waals surface area contributed by atoms with Gasteiger partial charge in [-0.2, -0.15) is 0 Å². The van der Waals surface area contributed by atoms with Crippen molar-refractivity contribution in [2.75, 3.05) is 0 Å². The van der Waals surface area contributed by atoms with E-state index in [-0.39, 0.29) is 0 Å². The van der Waals surface area contributed by atoms with E-state index in [4.69, 9.17) is 11.6 Å². The van der Waals surface area contributed by atoms with Gasteiger partial charge in [0, 0.05) is 10.4 Å². The average molecular weight is 384 g/mol. The van der Waals surface area contributed by atoms with E-state index in [2.05, 4.69) is 70.5 Å². The van der Waals surface area contributed by atoms with Crippen molar-refractivity contribution in [3.05, 3.63) is 95.0 Å². The van der Waals surface area contributed by atoms with Gasteiger partial charge in [0.15, 0.2) is 0 Å². The summed E-state index contributed by atoms with van der Waals surface area (Å²) in [4.78, 5) is 0. The highest BCUT2D eigenvalue weighted by Crippen LogP contribution is 2.22. The van der Waals surface area contributed by atoms with Gasteiger partial charge < -0.3 is 0 Å². The van der Waals surface area contributed by atoms with Gasteiger partial charge in [0.05, 0.1) is 0 Å². The van der Waals surface area contributed by atoms with Crippen molar-refractivity contribution in [1.82, 2.24) is 0 Å². The summed E-state index contributed by atoms with van der Waals surface area (Å²) in [5.41, 5.74) is 1.20. The van der Waals surface area contributed by atoms with Gasteiger partial charge in [0.1, 0.15) is 0 Å². The number of hydrogen-bond acceptors (Lipinski definition) is 0. The van der Waals surface area contributed by atoms with Crippen molar-refractivity contribution in [3.8, 4) is 0 Å². The topological polar surface area (TPSA) is 0 Å². The number of rotatable bonds is 1. The minimum atomic E-state index is 0.585. The first-order valence-corrected chi connectivity index (χ1v) is 8.78. The third kappa shape index (κ3) is 3.74. The second-order valence-corrected chi connectivity index (χ2v) is 6.35. The summed E-state index contributed by atoms with van der Waals surface area (Å²) in [6, 6.07) is 29.0. The monoisotopic (exact) mass is 382 g/mol. The lowest BCUT2D eigenvalue weighted by molar-refractivity contribution is 1.45. The first-order chi connectivity index (χ1) is 11.3. The number of alkyl halides is 1. The molecule has 0 fully saturated rings. The highest BCUT2D eigenvalue weighted by Gasteiger charge is 1.96. The summed E-state index contributed by atoms with van der Waals surface area (Å²) in [5.74, 6) is 0.585. The van der Waals surface area contributed by atoms with Crippen LogP contribution in [0.3, 0.4) is 0 Å². The molecule has 0 amide bonds. The molecule has 0 aromatic heterocycles. The third-order valence-corrected chi connectivity index (χ3v) is 4.74. The van der Waals surface area contributed by atoms with Gasteiger partial charge in [-0.25, -0.2) is 0 Å². The van der Waals surface area contributed by atoms with Crippen LogP contribution in [0.1, 0.15) is 5.56 Å². The molecule has 0 heterocycles. The Morgan fingerprint density at radius 3 is 1.78 bits per heavy atom. The second kappa shape index (κ2) is 7.63. The van der Waals surface area contributed by atoms with Crippen molar-refractivity contribution in [2.24, 2.45) is 0 Å². The molecule has 4 aromatic carbocycles. The van der Waals surface area contributed by atoms with Crippen LogP contribution in [0.15, 0.2) is 89.4 Å². The molecule has 0 aliphatic carbocycles. The third-order valence-electron chi connectivity index (χ3n) is 3.76.